The van der Waals surface area contributed by atoms with Gasteiger partial charge in [0.2, 0.25) is 5.91 Å². The molecule has 0 radical (unpaired) electrons. The molecule has 13 heavy (non-hydrogen) atoms. The molecule has 1 amide bonds. The monoisotopic (exact) mass is 198 g/mol. The van der Waals surface area contributed by atoms with Crippen LogP contribution in [0.2, 0.25) is 0 Å². The molecular formula is C9H11ClN2O. The molecule has 0 fully saturated rings. The number of hydrogen-bond acceptors (Lipinski definition) is 2. The smallest absolute Gasteiger partial charge is 0.237 e. The van der Waals surface area contributed by atoms with Gasteiger partial charge in [-0.3, -0.25) is 9.78 Å². The summed E-state index contributed by atoms with van der Waals surface area (Å²) in [4.78, 5) is 16.6. The van der Waals surface area contributed by atoms with Gasteiger partial charge in [0, 0.05) is 26.0 Å². The van der Waals surface area contributed by atoms with E-state index in [2.05, 4.69) is 4.98 Å². The highest BCUT2D eigenvalue weighted by Gasteiger charge is 2.06. The summed E-state index contributed by atoms with van der Waals surface area (Å²) in [5.74, 6) is -0.0537. The second-order valence-electron chi connectivity index (χ2n) is 2.74. The lowest BCUT2D eigenvalue weighted by atomic mass is 10.3. The number of nitrogens with zero attached hydrogens (tertiary/aromatic N) is 2. The first-order valence-corrected chi connectivity index (χ1v) is 4.46. The van der Waals surface area contributed by atoms with E-state index in [1.54, 1.807) is 24.3 Å². The molecule has 0 aliphatic heterocycles. The van der Waals surface area contributed by atoms with Crippen molar-refractivity contribution < 1.29 is 4.79 Å². The van der Waals surface area contributed by atoms with Crippen molar-refractivity contribution in [1.29, 1.82) is 0 Å². The Morgan fingerprint density at radius 3 is 3.00 bits per heavy atom. The van der Waals surface area contributed by atoms with Crippen molar-refractivity contribution in [1.82, 2.24) is 9.88 Å². The number of alkyl halides is 1. The van der Waals surface area contributed by atoms with Crippen LogP contribution >= 0.6 is 11.6 Å². The molecule has 0 aromatic carbocycles. The minimum atomic E-state index is -0.0782. The summed E-state index contributed by atoms with van der Waals surface area (Å²) in [5.41, 5.74) is 1.00. The second-order valence-corrected chi connectivity index (χ2v) is 3.01. The molecule has 1 rings (SSSR count). The van der Waals surface area contributed by atoms with Crippen LogP contribution in [0.3, 0.4) is 0 Å². The zero-order chi connectivity index (χ0) is 9.68. The molecule has 0 saturated carbocycles. The number of pyridine rings is 1. The van der Waals surface area contributed by atoms with Gasteiger partial charge in [-0.25, -0.2) is 0 Å². The first-order valence-electron chi connectivity index (χ1n) is 3.93. The van der Waals surface area contributed by atoms with Crippen LogP contribution in [0.5, 0.6) is 0 Å². The predicted octanol–water partition coefficient (Wildman–Crippen LogP) is 1.28. The molecule has 0 N–H and O–H groups in total. The molecule has 1 aromatic heterocycles. The third-order valence-corrected chi connectivity index (χ3v) is 1.91. The fourth-order valence-corrected chi connectivity index (χ4v) is 1.16. The summed E-state index contributed by atoms with van der Waals surface area (Å²) in [6.45, 7) is 0.555. The maximum absolute atomic E-state index is 11.1. The quantitative estimate of drug-likeness (QED) is 0.686. The number of carbonyl (C=O) groups is 1. The topological polar surface area (TPSA) is 33.2 Å². The molecule has 1 heterocycles. The molecule has 0 bridgehead atoms. The van der Waals surface area contributed by atoms with Crippen LogP contribution in [0.15, 0.2) is 24.5 Å². The van der Waals surface area contributed by atoms with E-state index in [0.717, 1.165) is 5.56 Å². The summed E-state index contributed by atoms with van der Waals surface area (Å²) >= 11 is 5.41. The van der Waals surface area contributed by atoms with Gasteiger partial charge in [0.25, 0.3) is 0 Å². The fourth-order valence-electron chi connectivity index (χ4n) is 0.956. The average Bonchev–Trinajstić information content (AvgIpc) is 2.18. The van der Waals surface area contributed by atoms with E-state index in [4.69, 9.17) is 11.6 Å². The van der Waals surface area contributed by atoms with E-state index in [-0.39, 0.29) is 11.8 Å². The third kappa shape index (κ3) is 3.03. The van der Waals surface area contributed by atoms with E-state index in [1.807, 2.05) is 12.1 Å². The molecule has 0 spiro atoms. The summed E-state index contributed by atoms with van der Waals surface area (Å²) < 4.78 is 0. The largest absolute Gasteiger partial charge is 0.340 e. The van der Waals surface area contributed by atoms with E-state index in [0.29, 0.717) is 6.54 Å². The number of halogens is 1. The number of hydrogen-bond donors (Lipinski definition) is 0. The average molecular weight is 199 g/mol. The lowest BCUT2D eigenvalue weighted by Crippen LogP contribution is -2.27. The van der Waals surface area contributed by atoms with Gasteiger partial charge in [-0.1, -0.05) is 6.07 Å². The fraction of sp³-hybridized carbons (Fsp3) is 0.333. The molecule has 0 aliphatic rings. The summed E-state index contributed by atoms with van der Waals surface area (Å²) in [7, 11) is 1.72. The van der Waals surface area contributed by atoms with Crippen LogP contribution in [-0.4, -0.2) is 28.7 Å². The molecule has 4 heteroatoms. The van der Waals surface area contributed by atoms with Crippen molar-refractivity contribution in [3.8, 4) is 0 Å². The van der Waals surface area contributed by atoms with Gasteiger partial charge in [-0.2, -0.15) is 0 Å². The number of aromatic nitrogens is 1. The highest BCUT2D eigenvalue weighted by atomic mass is 35.5. The lowest BCUT2D eigenvalue weighted by molar-refractivity contribution is -0.127. The molecule has 0 saturated heterocycles. The Balaban J connectivity index is 2.55. The summed E-state index contributed by atoms with van der Waals surface area (Å²) in [5, 5.41) is 0. The van der Waals surface area contributed by atoms with Gasteiger partial charge < -0.3 is 4.90 Å². The van der Waals surface area contributed by atoms with Crippen LogP contribution in [0.25, 0.3) is 0 Å². The van der Waals surface area contributed by atoms with Gasteiger partial charge in [0.1, 0.15) is 5.88 Å². The van der Waals surface area contributed by atoms with Crippen molar-refractivity contribution in [3.63, 3.8) is 0 Å². The van der Waals surface area contributed by atoms with E-state index >= 15 is 0 Å². The van der Waals surface area contributed by atoms with Crippen LogP contribution < -0.4 is 0 Å². The van der Waals surface area contributed by atoms with Crippen LogP contribution in [0.1, 0.15) is 5.56 Å². The normalized spacial score (nSPS) is 9.69. The Morgan fingerprint density at radius 1 is 1.69 bits per heavy atom. The van der Waals surface area contributed by atoms with Crippen LogP contribution in [0, 0.1) is 0 Å². The molecule has 3 nitrogen and oxygen atoms in total. The zero-order valence-electron chi connectivity index (χ0n) is 7.40. The van der Waals surface area contributed by atoms with Gasteiger partial charge in [-0.05, 0) is 11.6 Å². The Kier molecular flexibility index (Phi) is 3.71. The number of carbonyl (C=O) groups excluding carboxylic acids is 1. The second kappa shape index (κ2) is 4.82. The minimum Gasteiger partial charge on any atom is -0.340 e. The maximum Gasteiger partial charge on any atom is 0.237 e. The van der Waals surface area contributed by atoms with Gasteiger partial charge in [0.15, 0.2) is 0 Å². The van der Waals surface area contributed by atoms with Crippen molar-refractivity contribution in [2.45, 2.75) is 6.54 Å². The highest BCUT2D eigenvalue weighted by molar-refractivity contribution is 6.27. The summed E-state index contributed by atoms with van der Waals surface area (Å²) in [6, 6.07) is 3.76. The third-order valence-electron chi connectivity index (χ3n) is 1.68. The van der Waals surface area contributed by atoms with E-state index in [9.17, 15) is 4.79 Å². The summed E-state index contributed by atoms with van der Waals surface area (Å²) in [6.07, 6.45) is 3.44. The number of amides is 1. The zero-order valence-corrected chi connectivity index (χ0v) is 8.16. The minimum absolute atomic E-state index is 0.0246. The Labute approximate surface area is 82.3 Å². The van der Waals surface area contributed by atoms with E-state index in [1.165, 1.54) is 0 Å². The van der Waals surface area contributed by atoms with Crippen LogP contribution in [0.4, 0.5) is 0 Å². The predicted molar refractivity (Wildman–Crippen MR) is 51.4 cm³/mol. The molecule has 0 aliphatic carbocycles. The molecule has 70 valence electrons. The molecule has 1 aromatic rings. The van der Waals surface area contributed by atoms with Crippen LogP contribution in [-0.2, 0) is 11.3 Å². The maximum atomic E-state index is 11.1. The van der Waals surface area contributed by atoms with E-state index < -0.39 is 0 Å². The first kappa shape index (κ1) is 9.99. The van der Waals surface area contributed by atoms with Crippen molar-refractivity contribution in [2.24, 2.45) is 0 Å². The van der Waals surface area contributed by atoms with Crippen molar-refractivity contribution in [2.75, 3.05) is 12.9 Å². The Bertz CT molecular complexity index is 276. The van der Waals surface area contributed by atoms with Gasteiger partial charge in [0.05, 0.1) is 0 Å². The van der Waals surface area contributed by atoms with Gasteiger partial charge >= 0.3 is 0 Å². The van der Waals surface area contributed by atoms with Gasteiger partial charge in [-0.15, -0.1) is 11.6 Å². The van der Waals surface area contributed by atoms with Crippen molar-refractivity contribution >= 4 is 17.5 Å². The Morgan fingerprint density at radius 2 is 2.46 bits per heavy atom. The highest BCUT2D eigenvalue weighted by Crippen LogP contribution is 2.01. The molecule has 0 atom stereocenters. The van der Waals surface area contributed by atoms with Crippen molar-refractivity contribution in [3.05, 3.63) is 30.1 Å². The Hall–Kier alpha value is -1.09. The standard InChI is InChI=1S/C9H11ClN2O/c1-12(9(13)5-10)7-8-3-2-4-11-6-8/h2-4,6H,5,7H2,1H3. The molecular weight excluding hydrogens is 188 g/mol. The number of rotatable bonds is 3. The lowest BCUT2D eigenvalue weighted by Gasteiger charge is -2.14. The SMILES string of the molecule is CN(Cc1cccnc1)C(=O)CCl. The first-order chi connectivity index (χ1) is 6.24. The molecule has 0 unspecified atom stereocenters.